The number of rotatable bonds is 6. The van der Waals surface area contributed by atoms with Gasteiger partial charge in [0, 0.05) is 44.5 Å². The molecular formula is C13H21N3O. The first-order valence-corrected chi connectivity index (χ1v) is 6.41. The van der Waals surface area contributed by atoms with Crippen LogP contribution in [0.3, 0.4) is 0 Å². The van der Waals surface area contributed by atoms with Crippen molar-refractivity contribution in [2.24, 2.45) is 0 Å². The summed E-state index contributed by atoms with van der Waals surface area (Å²) in [5.74, 6) is 0. The van der Waals surface area contributed by atoms with Crippen LogP contribution in [0.25, 0.3) is 0 Å². The summed E-state index contributed by atoms with van der Waals surface area (Å²) in [6.07, 6.45) is 3.03. The number of nitrogens with one attached hydrogen (secondary N) is 1. The third-order valence-electron chi connectivity index (χ3n) is 3.31. The van der Waals surface area contributed by atoms with E-state index in [1.54, 1.807) is 16.7 Å². The monoisotopic (exact) mass is 235 g/mol. The van der Waals surface area contributed by atoms with E-state index in [1.807, 2.05) is 12.3 Å². The molecule has 1 aromatic rings. The fourth-order valence-corrected chi connectivity index (χ4v) is 2.18. The van der Waals surface area contributed by atoms with Crippen molar-refractivity contribution >= 4 is 0 Å². The maximum Gasteiger partial charge on any atom is 0.250 e. The van der Waals surface area contributed by atoms with Gasteiger partial charge in [0.25, 0.3) is 5.56 Å². The van der Waals surface area contributed by atoms with Crippen LogP contribution in [0.5, 0.6) is 0 Å². The van der Waals surface area contributed by atoms with E-state index < -0.39 is 0 Å². The highest BCUT2D eigenvalue weighted by Gasteiger charge is 2.23. The predicted octanol–water partition coefficient (Wildman–Crippen LogP) is 0.532. The fraction of sp³-hybridized carbons (Fsp3) is 0.615. The number of hydrogen-bond acceptors (Lipinski definition) is 3. The Labute approximate surface area is 102 Å². The minimum Gasteiger partial charge on any atom is -0.314 e. The van der Waals surface area contributed by atoms with Gasteiger partial charge in [0.05, 0.1) is 0 Å². The van der Waals surface area contributed by atoms with Gasteiger partial charge in [-0.2, -0.15) is 0 Å². The van der Waals surface area contributed by atoms with E-state index in [-0.39, 0.29) is 5.56 Å². The van der Waals surface area contributed by atoms with Crippen molar-refractivity contribution in [3.05, 3.63) is 34.7 Å². The Morgan fingerprint density at radius 3 is 2.82 bits per heavy atom. The second-order valence-electron chi connectivity index (χ2n) is 4.58. The van der Waals surface area contributed by atoms with Crippen molar-refractivity contribution < 1.29 is 0 Å². The minimum atomic E-state index is 0.0932. The topological polar surface area (TPSA) is 37.3 Å². The molecule has 4 nitrogen and oxygen atoms in total. The summed E-state index contributed by atoms with van der Waals surface area (Å²) in [6, 6.07) is 5.98. The molecule has 0 spiro atoms. The summed E-state index contributed by atoms with van der Waals surface area (Å²) >= 11 is 0. The SMILES string of the molecule is CCCN(CCn1ccccc1=O)C1CNC1. The van der Waals surface area contributed by atoms with E-state index in [9.17, 15) is 4.79 Å². The number of pyridine rings is 1. The fourth-order valence-electron chi connectivity index (χ4n) is 2.18. The van der Waals surface area contributed by atoms with E-state index in [1.165, 1.54) is 6.42 Å². The normalized spacial score (nSPS) is 16.1. The molecule has 1 N–H and O–H groups in total. The highest BCUT2D eigenvalue weighted by molar-refractivity contribution is 4.93. The van der Waals surface area contributed by atoms with Gasteiger partial charge < -0.3 is 9.88 Å². The third-order valence-corrected chi connectivity index (χ3v) is 3.31. The van der Waals surface area contributed by atoms with Crippen LogP contribution in [-0.2, 0) is 6.54 Å². The first kappa shape index (κ1) is 12.3. The van der Waals surface area contributed by atoms with Crippen molar-refractivity contribution in [2.75, 3.05) is 26.2 Å². The van der Waals surface area contributed by atoms with E-state index in [2.05, 4.69) is 17.1 Å². The summed E-state index contributed by atoms with van der Waals surface area (Å²) < 4.78 is 1.79. The van der Waals surface area contributed by atoms with Crippen molar-refractivity contribution in [2.45, 2.75) is 25.9 Å². The Morgan fingerprint density at radius 2 is 2.24 bits per heavy atom. The molecule has 94 valence electrons. The van der Waals surface area contributed by atoms with Gasteiger partial charge in [-0.1, -0.05) is 13.0 Å². The summed E-state index contributed by atoms with van der Waals surface area (Å²) in [7, 11) is 0. The summed E-state index contributed by atoms with van der Waals surface area (Å²) in [6.45, 7) is 7.25. The standard InChI is InChI=1S/C13H21N3O/c1-2-6-15(12-10-14-11-12)8-9-16-7-4-3-5-13(16)17/h3-5,7,12,14H,2,6,8-11H2,1H3. The van der Waals surface area contributed by atoms with E-state index in [0.29, 0.717) is 6.04 Å². The van der Waals surface area contributed by atoms with Crippen LogP contribution in [0.1, 0.15) is 13.3 Å². The van der Waals surface area contributed by atoms with E-state index in [4.69, 9.17) is 0 Å². The molecule has 0 aromatic carbocycles. The molecule has 0 radical (unpaired) electrons. The molecule has 0 bridgehead atoms. The highest BCUT2D eigenvalue weighted by atomic mass is 16.1. The molecule has 2 rings (SSSR count). The molecule has 0 atom stereocenters. The molecule has 0 saturated carbocycles. The van der Waals surface area contributed by atoms with Crippen LogP contribution >= 0.6 is 0 Å². The lowest BCUT2D eigenvalue weighted by molar-refractivity contribution is 0.140. The van der Waals surface area contributed by atoms with Gasteiger partial charge in [0.15, 0.2) is 0 Å². The van der Waals surface area contributed by atoms with Crippen LogP contribution in [-0.4, -0.2) is 41.7 Å². The first-order valence-electron chi connectivity index (χ1n) is 6.41. The van der Waals surface area contributed by atoms with Gasteiger partial charge in [0.2, 0.25) is 0 Å². The Kier molecular flexibility index (Phi) is 4.34. The first-order chi connectivity index (χ1) is 8.31. The molecule has 1 aromatic heterocycles. The third kappa shape index (κ3) is 3.17. The van der Waals surface area contributed by atoms with Gasteiger partial charge >= 0.3 is 0 Å². The average molecular weight is 235 g/mol. The van der Waals surface area contributed by atoms with Crippen molar-refractivity contribution in [3.63, 3.8) is 0 Å². The molecule has 1 saturated heterocycles. The quantitative estimate of drug-likeness (QED) is 0.781. The van der Waals surface area contributed by atoms with Crippen LogP contribution in [0, 0.1) is 0 Å². The molecule has 1 aliphatic rings. The van der Waals surface area contributed by atoms with Gasteiger partial charge in [-0.25, -0.2) is 0 Å². The lowest BCUT2D eigenvalue weighted by Gasteiger charge is -2.38. The zero-order valence-electron chi connectivity index (χ0n) is 10.4. The van der Waals surface area contributed by atoms with Gasteiger partial charge in [-0.05, 0) is 19.0 Å². The molecule has 4 heteroatoms. The minimum absolute atomic E-state index is 0.0932. The van der Waals surface area contributed by atoms with Gasteiger partial charge in [-0.3, -0.25) is 9.69 Å². The van der Waals surface area contributed by atoms with Crippen LogP contribution in [0.15, 0.2) is 29.2 Å². The molecule has 0 unspecified atom stereocenters. The maximum atomic E-state index is 11.6. The second-order valence-corrected chi connectivity index (χ2v) is 4.58. The summed E-state index contributed by atoms with van der Waals surface area (Å²) in [5.41, 5.74) is 0.0932. The van der Waals surface area contributed by atoms with Crippen LogP contribution in [0.2, 0.25) is 0 Å². The number of nitrogens with zero attached hydrogens (tertiary/aromatic N) is 2. The number of aromatic nitrogens is 1. The van der Waals surface area contributed by atoms with E-state index >= 15 is 0 Å². The summed E-state index contributed by atoms with van der Waals surface area (Å²) in [4.78, 5) is 14.1. The number of hydrogen-bond donors (Lipinski definition) is 1. The maximum absolute atomic E-state index is 11.6. The predicted molar refractivity (Wildman–Crippen MR) is 69.2 cm³/mol. The lowest BCUT2D eigenvalue weighted by atomic mass is 10.1. The molecule has 0 amide bonds. The Morgan fingerprint density at radius 1 is 1.41 bits per heavy atom. The zero-order chi connectivity index (χ0) is 12.1. The largest absolute Gasteiger partial charge is 0.314 e. The van der Waals surface area contributed by atoms with Gasteiger partial charge in [-0.15, -0.1) is 0 Å². The molecule has 1 aliphatic heterocycles. The van der Waals surface area contributed by atoms with Crippen molar-refractivity contribution in [1.29, 1.82) is 0 Å². The molecule has 1 fully saturated rings. The lowest BCUT2D eigenvalue weighted by Crippen LogP contribution is -2.58. The molecule has 17 heavy (non-hydrogen) atoms. The molecule has 0 aliphatic carbocycles. The van der Waals surface area contributed by atoms with Crippen molar-refractivity contribution in [1.82, 2.24) is 14.8 Å². The molecular weight excluding hydrogens is 214 g/mol. The van der Waals surface area contributed by atoms with E-state index in [0.717, 1.165) is 32.7 Å². The zero-order valence-corrected chi connectivity index (χ0v) is 10.4. The van der Waals surface area contributed by atoms with Crippen LogP contribution < -0.4 is 10.9 Å². The second kappa shape index (κ2) is 5.98. The average Bonchev–Trinajstić information content (AvgIpc) is 2.25. The Balaban J connectivity index is 1.90. The highest BCUT2D eigenvalue weighted by Crippen LogP contribution is 2.05. The molecule has 2 heterocycles. The van der Waals surface area contributed by atoms with Crippen molar-refractivity contribution in [3.8, 4) is 0 Å². The summed E-state index contributed by atoms with van der Waals surface area (Å²) in [5, 5.41) is 3.30. The van der Waals surface area contributed by atoms with Crippen LogP contribution in [0.4, 0.5) is 0 Å². The Bertz CT molecular complexity index is 398. The Hall–Kier alpha value is -1.13. The smallest absolute Gasteiger partial charge is 0.250 e. The van der Waals surface area contributed by atoms with Gasteiger partial charge in [0.1, 0.15) is 0 Å².